The molecule has 0 saturated heterocycles. The predicted octanol–water partition coefficient (Wildman–Crippen LogP) is 2.70. The normalized spacial score (nSPS) is 11.8. The topological polar surface area (TPSA) is 84.5 Å². The molecule has 6 nitrogen and oxygen atoms in total. The highest BCUT2D eigenvalue weighted by Crippen LogP contribution is 2.18. The van der Waals surface area contributed by atoms with E-state index in [4.69, 9.17) is 4.74 Å². The lowest BCUT2D eigenvalue weighted by atomic mass is 10.1. The molecule has 2 N–H and O–H groups in total. The van der Waals surface area contributed by atoms with Gasteiger partial charge in [-0.25, -0.2) is 13.1 Å². The Morgan fingerprint density at radius 2 is 1.77 bits per heavy atom. The molecule has 0 atom stereocenters. The molecule has 0 fully saturated rings. The summed E-state index contributed by atoms with van der Waals surface area (Å²) >= 11 is 0. The van der Waals surface area contributed by atoms with Crippen molar-refractivity contribution >= 4 is 15.9 Å². The first-order valence-corrected chi connectivity index (χ1v) is 9.65. The number of nitrogens with one attached hydrogen (secondary N) is 2. The molecule has 0 aliphatic rings. The van der Waals surface area contributed by atoms with Gasteiger partial charge in [0.2, 0.25) is 10.0 Å². The minimum Gasteiger partial charge on any atom is -0.496 e. The van der Waals surface area contributed by atoms with Crippen LogP contribution >= 0.6 is 0 Å². The first kappa shape index (κ1) is 19.9. The maximum Gasteiger partial charge on any atom is 0.251 e. The van der Waals surface area contributed by atoms with Crippen molar-refractivity contribution in [3.63, 3.8) is 0 Å². The predicted molar refractivity (Wildman–Crippen MR) is 101 cm³/mol. The summed E-state index contributed by atoms with van der Waals surface area (Å²) in [5.74, 6) is 0.285. The summed E-state index contributed by atoms with van der Waals surface area (Å²) in [6.45, 7) is 5.67. The van der Waals surface area contributed by atoms with Crippen molar-refractivity contribution in [2.45, 2.75) is 37.8 Å². The van der Waals surface area contributed by atoms with Gasteiger partial charge in [0.15, 0.2) is 0 Å². The van der Waals surface area contributed by atoms with Gasteiger partial charge in [-0.05, 0) is 45.0 Å². The molecule has 2 rings (SSSR count). The summed E-state index contributed by atoms with van der Waals surface area (Å²) in [6.07, 6.45) is 0. The molecule has 0 radical (unpaired) electrons. The Hall–Kier alpha value is -2.38. The zero-order chi connectivity index (χ0) is 19.4. The quantitative estimate of drug-likeness (QED) is 0.812. The zero-order valence-corrected chi connectivity index (χ0v) is 16.2. The first-order valence-electron chi connectivity index (χ1n) is 8.16. The van der Waals surface area contributed by atoms with Crippen molar-refractivity contribution in [3.05, 3.63) is 59.7 Å². The van der Waals surface area contributed by atoms with Gasteiger partial charge >= 0.3 is 0 Å². The number of methoxy groups -OCH3 is 1. The fourth-order valence-electron chi connectivity index (χ4n) is 2.32. The fraction of sp³-hybridized carbons (Fsp3) is 0.316. The molecule has 0 spiro atoms. The van der Waals surface area contributed by atoms with Gasteiger partial charge in [-0.3, -0.25) is 4.79 Å². The molecule has 0 saturated carbocycles. The van der Waals surface area contributed by atoms with Crippen LogP contribution in [-0.4, -0.2) is 27.0 Å². The molecule has 7 heteroatoms. The highest BCUT2D eigenvalue weighted by atomic mass is 32.2. The maximum absolute atomic E-state index is 12.6. The van der Waals surface area contributed by atoms with Gasteiger partial charge in [0.25, 0.3) is 5.91 Å². The summed E-state index contributed by atoms with van der Waals surface area (Å²) in [7, 11) is -2.24. The minimum absolute atomic E-state index is 0.0361. The van der Waals surface area contributed by atoms with Crippen molar-refractivity contribution in [1.82, 2.24) is 10.0 Å². The number of para-hydroxylation sites is 1. The highest BCUT2D eigenvalue weighted by Gasteiger charge is 2.19. The average Bonchev–Trinajstić information content (AvgIpc) is 2.59. The summed E-state index contributed by atoms with van der Waals surface area (Å²) in [5.41, 5.74) is 0.606. The number of hydrogen-bond acceptors (Lipinski definition) is 4. The van der Waals surface area contributed by atoms with Crippen molar-refractivity contribution in [2.24, 2.45) is 0 Å². The van der Waals surface area contributed by atoms with Crippen molar-refractivity contribution in [1.29, 1.82) is 0 Å². The SMILES string of the molecule is COc1ccccc1CNS(=O)(=O)c1cccc(C(=O)NC(C)(C)C)c1. The number of hydrogen-bond donors (Lipinski definition) is 2. The van der Waals surface area contributed by atoms with Crippen LogP contribution in [0.1, 0.15) is 36.7 Å². The number of benzene rings is 2. The lowest BCUT2D eigenvalue weighted by molar-refractivity contribution is 0.0919. The molecule has 0 aliphatic heterocycles. The van der Waals surface area contributed by atoms with Gasteiger partial charge in [0, 0.05) is 23.2 Å². The third-order valence-electron chi connectivity index (χ3n) is 3.54. The lowest BCUT2D eigenvalue weighted by Crippen LogP contribution is -2.40. The average molecular weight is 376 g/mol. The summed E-state index contributed by atoms with van der Waals surface area (Å²) in [6, 6.07) is 13.1. The first-order chi connectivity index (χ1) is 12.1. The van der Waals surface area contributed by atoms with Crippen molar-refractivity contribution in [2.75, 3.05) is 7.11 Å². The Kier molecular flexibility index (Phi) is 6.05. The molecule has 26 heavy (non-hydrogen) atoms. The second-order valence-corrected chi connectivity index (χ2v) is 8.64. The van der Waals surface area contributed by atoms with Crippen LogP contribution in [0, 0.1) is 0 Å². The van der Waals surface area contributed by atoms with E-state index in [9.17, 15) is 13.2 Å². The number of carbonyl (C=O) groups is 1. The molecular formula is C19H24N2O4S. The minimum atomic E-state index is -3.77. The largest absolute Gasteiger partial charge is 0.496 e. The molecule has 0 aromatic heterocycles. The standard InChI is InChI=1S/C19H24N2O4S/c1-19(2,3)21-18(22)14-9-7-10-16(12-14)26(23,24)20-13-15-8-5-6-11-17(15)25-4/h5-12,20H,13H2,1-4H3,(H,21,22). The monoisotopic (exact) mass is 376 g/mol. The van der Waals surface area contributed by atoms with E-state index >= 15 is 0 Å². The van der Waals surface area contributed by atoms with Crippen LogP contribution in [0.4, 0.5) is 0 Å². The van der Waals surface area contributed by atoms with Crippen LogP contribution in [0.2, 0.25) is 0 Å². The van der Waals surface area contributed by atoms with E-state index in [0.717, 1.165) is 5.56 Å². The Labute approximate surface area is 154 Å². The van der Waals surface area contributed by atoms with Gasteiger partial charge in [0.05, 0.1) is 12.0 Å². The van der Waals surface area contributed by atoms with E-state index in [2.05, 4.69) is 10.0 Å². The lowest BCUT2D eigenvalue weighted by Gasteiger charge is -2.20. The van der Waals surface area contributed by atoms with Gasteiger partial charge in [0.1, 0.15) is 5.75 Å². The van der Waals surface area contributed by atoms with E-state index in [1.54, 1.807) is 24.3 Å². The number of ether oxygens (including phenoxy) is 1. The van der Waals surface area contributed by atoms with Gasteiger partial charge < -0.3 is 10.1 Å². The van der Waals surface area contributed by atoms with Crippen LogP contribution in [0.15, 0.2) is 53.4 Å². The Morgan fingerprint density at radius 1 is 1.08 bits per heavy atom. The Morgan fingerprint density at radius 3 is 2.42 bits per heavy atom. The number of carbonyl (C=O) groups excluding carboxylic acids is 1. The Bertz CT molecular complexity index is 886. The third kappa shape index (κ3) is 5.31. The zero-order valence-electron chi connectivity index (χ0n) is 15.4. The fourth-order valence-corrected chi connectivity index (χ4v) is 3.37. The smallest absolute Gasteiger partial charge is 0.251 e. The van der Waals surface area contributed by atoms with Crippen molar-refractivity contribution < 1.29 is 17.9 Å². The second kappa shape index (κ2) is 7.88. The molecule has 0 heterocycles. The number of sulfonamides is 1. The molecule has 0 aliphatic carbocycles. The van der Waals surface area contributed by atoms with Crippen LogP contribution in [-0.2, 0) is 16.6 Å². The van der Waals surface area contributed by atoms with Crippen LogP contribution in [0.25, 0.3) is 0 Å². The maximum atomic E-state index is 12.6. The van der Waals surface area contributed by atoms with Crippen LogP contribution in [0.3, 0.4) is 0 Å². The molecule has 2 aromatic carbocycles. The van der Waals surface area contributed by atoms with E-state index in [1.807, 2.05) is 32.9 Å². The number of amides is 1. The third-order valence-corrected chi connectivity index (χ3v) is 4.94. The van der Waals surface area contributed by atoms with Gasteiger partial charge in [-0.2, -0.15) is 0 Å². The molecule has 0 unspecified atom stereocenters. The van der Waals surface area contributed by atoms with E-state index < -0.39 is 15.6 Å². The van der Waals surface area contributed by atoms with E-state index in [1.165, 1.54) is 19.2 Å². The van der Waals surface area contributed by atoms with Gasteiger partial charge in [-0.15, -0.1) is 0 Å². The van der Waals surface area contributed by atoms with Crippen molar-refractivity contribution in [3.8, 4) is 5.75 Å². The molecule has 1 amide bonds. The van der Waals surface area contributed by atoms with E-state index in [0.29, 0.717) is 11.3 Å². The highest BCUT2D eigenvalue weighted by molar-refractivity contribution is 7.89. The van der Waals surface area contributed by atoms with Crippen LogP contribution in [0.5, 0.6) is 5.75 Å². The molecular weight excluding hydrogens is 352 g/mol. The van der Waals surface area contributed by atoms with E-state index in [-0.39, 0.29) is 17.3 Å². The second-order valence-electron chi connectivity index (χ2n) is 6.87. The molecule has 0 bridgehead atoms. The summed E-state index contributed by atoms with van der Waals surface area (Å²) in [5, 5.41) is 2.82. The number of rotatable bonds is 6. The molecule has 140 valence electrons. The van der Waals surface area contributed by atoms with Gasteiger partial charge in [-0.1, -0.05) is 24.3 Å². The summed E-state index contributed by atoms with van der Waals surface area (Å²) in [4.78, 5) is 12.3. The Balaban J connectivity index is 2.19. The van der Waals surface area contributed by atoms with Crippen LogP contribution < -0.4 is 14.8 Å². The molecule has 2 aromatic rings. The summed E-state index contributed by atoms with van der Waals surface area (Å²) < 4.78 is 32.9.